The number of carbonyl (C=O) groups excluding carboxylic acids is 1. The molecule has 0 bridgehead atoms. The van der Waals surface area contributed by atoms with Crippen LogP contribution in [0.2, 0.25) is 0 Å². The Kier molecular flexibility index (Phi) is 3.02. The van der Waals surface area contributed by atoms with Crippen molar-refractivity contribution in [2.75, 3.05) is 13.2 Å². The summed E-state index contributed by atoms with van der Waals surface area (Å²) < 4.78 is 12.6. The van der Waals surface area contributed by atoms with E-state index in [2.05, 4.69) is 10.4 Å². The van der Waals surface area contributed by atoms with Gasteiger partial charge in [0.05, 0.1) is 24.9 Å². The molecule has 4 rings (SSSR count). The van der Waals surface area contributed by atoms with E-state index in [0.29, 0.717) is 18.2 Å². The number of aromatic nitrogens is 2. The van der Waals surface area contributed by atoms with Gasteiger partial charge in [0.1, 0.15) is 24.0 Å². The summed E-state index contributed by atoms with van der Waals surface area (Å²) in [6, 6.07) is 1.64. The Labute approximate surface area is 122 Å². The van der Waals surface area contributed by atoms with Gasteiger partial charge in [-0.15, -0.1) is 0 Å². The number of aliphatic hydroxyl groups excluding tert-OH is 1. The quantitative estimate of drug-likeness (QED) is 0.789. The standard InChI is InChI=1S/C14H19N3O4/c1-17-10(4-8(16-17)7-2-3-7)14(19)15-9-5-20-13-11(18)6-21-12(9)13/h4,7,9,11-13,18H,2-3,5-6H2,1H3,(H,15,19)/t9-,11+,12+,13+/m0/s1. The number of rotatable bonds is 3. The molecule has 0 unspecified atom stereocenters. The van der Waals surface area contributed by atoms with Gasteiger partial charge in [-0.25, -0.2) is 0 Å². The number of aliphatic hydroxyl groups is 1. The van der Waals surface area contributed by atoms with E-state index < -0.39 is 6.10 Å². The van der Waals surface area contributed by atoms with Crippen LogP contribution in [0.15, 0.2) is 6.07 Å². The third kappa shape index (κ3) is 2.25. The zero-order valence-electron chi connectivity index (χ0n) is 11.9. The number of nitrogens with one attached hydrogen (secondary N) is 1. The minimum atomic E-state index is -0.602. The second-order valence-electron chi connectivity index (χ2n) is 6.10. The molecule has 1 saturated carbocycles. The number of aryl methyl sites for hydroxylation is 1. The van der Waals surface area contributed by atoms with Crippen molar-refractivity contribution in [2.24, 2.45) is 7.05 Å². The van der Waals surface area contributed by atoms with Crippen LogP contribution in [-0.4, -0.2) is 58.4 Å². The Hall–Kier alpha value is -1.44. The molecule has 21 heavy (non-hydrogen) atoms. The van der Waals surface area contributed by atoms with Crippen LogP contribution in [0.25, 0.3) is 0 Å². The Bertz CT molecular complexity index is 569. The molecular formula is C14H19N3O4. The summed E-state index contributed by atoms with van der Waals surface area (Å²) in [4.78, 5) is 12.4. The normalized spacial score (nSPS) is 35.0. The van der Waals surface area contributed by atoms with Crippen molar-refractivity contribution >= 4 is 5.91 Å². The molecule has 7 heteroatoms. The third-order valence-corrected chi connectivity index (χ3v) is 4.47. The molecule has 1 aromatic rings. The van der Waals surface area contributed by atoms with Gasteiger partial charge < -0.3 is 19.9 Å². The molecule has 1 aromatic heterocycles. The maximum absolute atomic E-state index is 12.4. The van der Waals surface area contributed by atoms with Gasteiger partial charge >= 0.3 is 0 Å². The van der Waals surface area contributed by atoms with Gasteiger partial charge in [-0.3, -0.25) is 9.48 Å². The monoisotopic (exact) mass is 293 g/mol. The number of carbonyl (C=O) groups is 1. The van der Waals surface area contributed by atoms with Gasteiger partial charge in [-0.1, -0.05) is 0 Å². The van der Waals surface area contributed by atoms with E-state index in [-0.39, 0.29) is 30.8 Å². The van der Waals surface area contributed by atoms with Crippen LogP contribution in [0.5, 0.6) is 0 Å². The van der Waals surface area contributed by atoms with Crippen molar-refractivity contribution in [3.63, 3.8) is 0 Å². The maximum Gasteiger partial charge on any atom is 0.269 e. The summed E-state index contributed by atoms with van der Waals surface area (Å²) >= 11 is 0. The van der Waals surface area contributed by atoms with Crippen LogP contribution in [0.3, 0.4) is 0 Å². The van der Waals surface area contributed by atoms with E-state index in [9.17, 15) is 9.90 Å². The molecule has 0 radical (unpaired) electrons. The fraction of sp³-hybridized carbons (Fsp3) is 0.714. The smallest absolute Gasteiger partial charge is 0.269 e. The van der Waals surface area contributed by atoms with Crippen LogP contribution in [0.1, 0.15) is 34.9 Å². The molecule has 3 fully saturated rings. The van der Waals surface area contributed by atoms with Gasteiger partial charge in [-0.05, 0) is 18.9 Å². The number of amides is 1. The van der Waals surface area contributed by atoms with Crippen molar-refractivity contribution in [3.05, 3.63) is 17.5 Å². The number of nitrogens with zero attached hydrogens (tertiary/aromatic N) is 2. The molecule has 114 valence electrons. The second-order valence-corrected chi connectivity index (χ2v) is 6.10. The highest BCUT2D eigenvalue weighted by Crippen LogP contribution is 2.39. The number of ether oxygens (including phenoxy) is 2. The molecule has 1 amide bonds. The van der Waals surface area contributed by atoms with E-state index in [1.54, 1.807) is 11.7 Å². The lowest BCUT2D eigenvalue weighted by molar-refractivity contribution is 0.0178. The van der Waals surface area contributed by atoms with E-state index in [1.807, 2.05) is 6.07 Å². The first-order chi connectivity index (χ1) is 10.1. The minimum Gasteiger partial charge on any atom is -0.388 e. The predicted molar refractivity (Wildman–Crippen MR) is 71.9 cm³/mol. The molecule has 2 aliphatic heterocycles. The largest absolute Gasteiger partial charge is 0.388 e. The molecule has 2 N–H and O–H groups in total. The number of hydrogen-bond donors (Lipinski definition) is 2. The summed E-state index contributed by atoms with van der Waals surface area (Å²) in [6.07, 6.45) is 1.12. The SMILES string of the molecule is Cn1nc(C2CC2)cc1C(=O)N[C@H]1CO[C@H]2[C@@H]1OC[C@H]2O. The van der Waals surface area contributed by atoms with Gasteiger partial charge in [0, 0.05) is 13.0 Å². The highest BCUT2D eigenvalue weighted by atomic mass is 16.6. The van der Waals surface area contributed by atoms with E-state index in [4.69, 9.17) is 9.47 Å². The van der Waals surface area contributed by atoms with Crippen molar-refractivity contribution in [3.8, 4) is 0 Å². The molecule has 4 atom stereocenters. The molecule has 7 nitrogen and oxygen atoms in total. The summed E-state index contributed by atoms with van der Waals surface area (Å²) in [7, 11) is 1.78. The first-order valence-corrected chi connectivity index (χ1v) is 7.39. The molecule has 2 saturated heterocycles. The summed E-state index contributed by atoms with van der Waals surface area (Å²) in [5, 5.41) is 17.0. The number of hydrogen-bond acceptors (Lipinski definition) is 5. The summed E-state index contributed by atoms with van der Waals surface area (Å²) in [5.41, 5.74) is 1.55. The zero-order chi connectivity index (χ0) is 14.6. The Morgan fingerprint density at radius 2 is 2.14 bits per heavy atom. The Balaban J connectivity index is 1.46. The third-order valence-electron chi connectivity index (χ3n) is 4.47. The van der Waals surface area contributed by atoms with E-state index >= 15 is 0 Å². The first-order valence-electron chi connectivity index (χ1n) is 7.39. The summed E-state index contributed by atoms with van der Waals surface area (Å²) in [6.45, 7) is 0.630. The van der Waals surface area contributed by atoms with E-state index in [1.165, 1.54) is 0 Å². The lowest BCUT2D eigenvalue weighted by Gasteiger charge is -2.17. The van der Waals surface area contributed by atoms with Crippen LogP contribution >= 0.6 is 0 Å². The predicted octanol–water partition coefficient (Wildman–Crippen LogP) is -0.446. The molecule has 3 aliphatic rings. The van der Waals surface area contributed by atoms with E-state index in [0.717, 1.165) is 18.5 Å². The average molecular weight is 293 g/mol. The van der Waals surface area contributed by atoms with Crippen LogP contribution < -0.4 is 5.32 Å². The van der Waals surface area contributed by atoms with Crippen molar-refractivity contribution < 1.29 is 19.4 Å². The van der Waals surface area contributed by atoms with Gasteiger partial charge in [-0.2, -0.15) is 5.10 Å². The van der Waals surface area contributed by atoms with Crippen molar-refractivity contribution in [1.82, 2.24) is 15.1 Å². The molecule has 1 aliphatic carbocycles. The molecular weight excluding hydrogens is 274 g/mol. The highest BCUT2D eigenvalue weighted by molar-refractivity contribution is 5.93. The Morgan fingerprint density at radius 3 is 2.90 bits per heavy atom. The topological polar surface area (TPSA) is 85.6 Å². The fourth-order valence-corrected chi connectivity index (χ4v) is 3.13. The van der Waals surface area contributed by atoms with Crippen molar-refractivity contribution in [2.45, 2.75) is 43.1 Å². The zero-order valence-corrected chi connectivity index (χ0v) is 11.9. The first kappa shape index (κ1) is 13.2. The second kappa shape index (κ2) is 4.79. The minimum absolute atomic E-state index is 0.170. The lowest BCUT2D eigenvalue weighted by Crippen LogP contribution is -2.44. The van der Waals surface area contributed by atoms with Crippen LogP contribution in [0.4, 0.5) is 0 Å². The van der Waals surface area contributed by atoms with Crippen molar-refractivity contribution in [1.29, 1.82) is 0 Å². The fourth-order valence-electron chi connectivity index (χ4n) is 3.13. The molecule has 3 heterocycles. The highest BCUT2D eigenvalue weighted by Gasteiger charge is 2.47. The molecule has 0 aromatic carbocycles. The van der Waals surface area contributed by atoms with Gasteiger partial charge in [0.2, 0.25) is 0 Å². The maximum atomic E-state index is 12.4. The van der Waals surface area contributed by atoms with Gasteiger partial charge in [0.25, 0.3) is 5.91 Å². The van der Waals surface area contributed by atoms with Crippen LogP contribution in [-0.2, 0) is 16.5 Å². The number of fused-ring (bicyclic) bond motifs is 1. The lowest BCUT2D eigenvalue weighted by atomic mass is 10.1. The van der Waals surface area contributed by atoms with Gasteiger partial charge in [0.15, 0.2) is 0 Å². The summed E-state index contributed by atoms with van der Waals surface area (Å²) in [5.74, 6) is 0.349. The Morgan fingerprint density at radius 1 is 1.38 bits per heavy atom. The average Bonchev–Trinajstić information content (AvgIpc) is 2.97. The molecule has 0 spiro atoms. The van der Waals surface area contributed by atoms with Crippen LogP contribution in [0, 0.1) is 0 Å².